The van der Waals surface area contributed by atoms with Crippen LogP contribution in [0.3, 0.4) is 0 Å². The Hall–Kier alpha value is -2.50. The average Bonchev–Trinajstić information content (AvgIpc) is 2.49. The molecule has 2 aromatic rings. The molecule has 0 atom stereocenters. The van der Waals surface area contributed by atoms with Gasteiger partial charge in [0.2, 0.25) is 0 Å². The van der Waals surface area contributed by atoms with Crippen LogP contribution in [0.2, 0.25) is 0 Å². The van der Waals surface area contributed by atoms with Crippen molar-refractivity contribution >= 4 is 23.8 Å². The van der Waals surface area contributed by atoms with Crippen LogP contribution in [0.5, 0.6) is 23.0 Å². The molecule has 0 fully saturated rings. The topological polar surface area (TPSA) is 106 Å². The zero-order valence-electron chi connectivity index (χ0n) is 12.1. The largest absolute Gasteiger partial charge is 0.508 e. The molecule has 0 spiro atoms. The van der Waals surface area contributed by atoms with Gasteiger partial charge in [-0.1, -0.05) is 0 Å². The minimum absolute atomic E-state index is 0. The van der Waals surface area contributed by atoms with Crippen molar-refractivity contribution in [3.8, 4) is 23.0 Å². The van der Waals surface area contributed by atoms with Crippen LogP contribution in [0.4, 0.5) is 11.4 Å². The number of aliphatic imine (C=N–C) groups is 2. The Labute approximate surface area is 144 Å². The van der Waals surface area contributed by atoms with Gasteiger partial charge in [0, 0.05) is 41.6 Å². The summed E-state index contributed by atoms with van der Waals surface area (Å²) in [4.78, 5) is 8.11. The predicted molar refractivity (Wildman–Crippen MR) is 85.1 cm³/mol. The van der Waals surface area contributed by atoms with Crippen LogP contribution in [-0.2, 0) is 17.1 Å². The van der Waals surface area contributed by atoms with E-state index in [0.717, 1.165) is 0 Å². The maximum absolute atomic E-state index is 9.54. The van der Waals surface area contributed by atoms with Crippen LogP contribution in [0, 0.1) is 0 Å². The summed E-state index contributed by atoms with van der Waals surface area (Å²) in [5.41, 5.74) is 0.588. The summed E-state index contributed by atoms with van der Waals surface area (Å²) < 4.78 is 0. The van der Waals surface area contributed by atoms with Crippen molar-refractivity contribution < 1.29 is 37.5 Å². The van der Waals surface area contributed by atoms with Gasteiger partial charge in [0.25, 0.3) is 0 Å². The fourth-order valence-electron chi connectivity index (χ4n) is 1.71. The van der Waals surface area contributed by atoms with Gasteiger partial charge in [-0.05, 0) is 37.1 Å². The van der Waals surface area contributed by atoms with Crippen molar-refractivity contribution in [2.24, 2.45) is 9.98 Å². The third kappa shape index (κ3) is 5.65. The Balaban J connectivity index is 0.00000264. The van der Waals surface area contributed by atoms with Gasteiger partial charge in [-0.3, -0.25) is 9.98 Å². The Morgan fingerprint density at radius 1 is 0.696 bits per heavy atom. The molecular weight excluding hydrogens is 340 g/mol. The van der Waals surface area contributed by atoms with Gasteiger partial charge >= 0.3 is 0 Å². The van der Waals surface area contributed by atoms with Crippen molar-refractivity contribution in [2.75, 3.05) is 0 Å². The molecule has 0 heterocycles. The smallest absolute Gasteiger partial charge is 0.141 e. The standard InChI is InChI=1S/C16H16N2O4.Fe/c19-11-3-5-15(21)13(9-11)17-7-1-2-8-18-14-10-12(20)4-6-16(14)22;/h3-10,19-22H,1-2H2;. The molecule has 0 aliphatic carbocycles. The molecule has 0 aliphatic rings. The monoisotopic (exact) mass is 356 g/mol. The first-order valence-electron chi connectivity index (χ1n) is 6.65. The van der Waals surface area contributed by atoms with Crippen LogP contribution in [0.1, 0.15) is 12.8 Å². The zero-order chi connectivity index (χ0) is 15.9. The molecule has 0 aromatic heterocycles. The van der Waals surface area contributed by atoms with Crippen LogP contribution < -0.4 is 0 Å². The molecule has 2 rings (SSSR count). The van der Waals surface area contributed by atoms with E-state index in [1.807, 2.05) is 0 Å². The molecule has 0 bridgehead atoms. The third-order valence-corrected chi connectivity index (χ3v) is 2.80. The summed E-state index contributed by atoms with van der Waals surface area (Å²) in [6.45, 7) is 0. The van der Waals surface area contributed by atoms with Crippen molar-refractivity contribution in [1.29, 1.82) is 0 Å². The van der Waals surface area contributed by atoms with Gasteiger partial charge in [-0.15, -0.1) is 0 Å². The molecule has 122 valence electrons. The Bertz CT molecular complexity index is 656. The average molecular weight is 356 g/mol. The molecular formula is C16H16FeN2O4. The fourth-order valence-corrected chi connectivity index (χ4v) is 1.71. The molecule has 0 unspecified atom stereocenters. The summed E-state index contributed by atoms with van der Waals surface area (Å²) in [5, 5.41) is 37.7. The second-order valence-electron chi connectivity index (χ2n) is 4.55. The first kappa shape index (κ1) is 18.5. The van der Waals surface area contributed by atoms with E-state index in [1.165, 1.54) is 36.4 Å². The van der Waals surface area contributed by atoms with Crippen LogP contribution in [0.15, 0.2) is 46.4 Å². The summed E-state index contributed by atoms with van der Waals surface area (Å²) in [6, 6.07) is 8.23. The molecule has 7 heteroatoms. The normalized spacial score (nSPS) is 11.0. The number of rotatable bonds is 5. The SMILES string of the molecule is Oc1ccc(O)c(N=CCCC=Nc2cc(O)ccc2O)c1.[Fe]. The quantitative estimate of drug-likeness (QED) is 0.285. The number of nitrogens with zero attached hydrogens (tertiary/aromatic N) is 2. The van der Waals surface area contributed by atoms with E-state index in [1.54, 1.807) is 12.4 Å². The molecule has 0 amide bonds. The van der Waals surface area contributed by atoms with Crippen molar-refractivity contribution in [1.82, 2.24) is 0 Å². The van der Waals surface area contributed by atoms with Gasteiger partial charge in [-0.2, -0.15) is 0 Å². The number of hydrogen-bond donors (Lipinski definition) is 4. The first-order chi connectivity index (χ1) is 10.6. The Kier molecular flexibility index (Phi) is 7.12. The van der Waals surface area contributed by atoms with E-state index in [4.69, 9.17) is 0 Å². The molecule has 0 saturated carbocycles. The van der Waals surface area contributed by atoms with Gasteiger partial charge in [0.1, 0.15) is 34.4 Å². The van der Waals surface area contributed by atoms with E-state index in [-0.39, 0.29) is 40.1 Å². The number of aromatic hydroxyl groups is 4. The summed E-state index contributed by atoms with van der Waals surface area (Å²) in [7, 11) is 0. The van der Waals surface area contributed by atoms with E-state index in [2.05, 4.69) is 9.98 Å². The minimum Gasteiger partial charge on any atom is -0.508 e. The van der Waals surface area contributed by atoms with Crippen LogP contribution in [0.25, 0.3) is 0 Å². The molecule has 6 nitrogen and oxygen atoms in total. The number of hydrogen-bond acceptors (Lipinski definition) is 6. The van der Waals surface area contributed by atoms with E-state index in [0.29, 0.717) is 24.2 Å². The van der Waals surface area contributed by atoms with Crippen LogP contribution >= 0.6 is 0 Å². The van der Waals surface area contributed by atoms with Crippen LogP contribution in [-0.4, -0.2) is 32.9 Å². The Morgan fingerprint density at radius 2 is 1.09 bits per heavy atom. The second kappa shape index (κ2) is 8.82. The number of unbranched alkanes of at least 4 members (excludes halogenated alkanes) is 1. The Morgan fingerprint density at radius 3 is 1.48 bits per heavy atom. The van der Waals surface area contributed by atoms with Gasteiger partial charge in [0.05, 0.1) is 0 Å². The number of phenols is 4. The number of phenolic OH excluding ortho intramolecular Hbond substituents is 4. The first-order valence-corrected chi connectivity index (χ1v) is 6.65. The second-order valence-corrected chi connectivity index (χ2v) is 4.55. The van der Waals surface area contributed by atoms with E-state index in [9.17, 15) is 20.4 Å². The zero-order valence-corrected chi connectivity index (χ0v) is 13.2. The predicted octanol–water partition coefficient (Wildman–Crippen LogP) is 3.39. The van der Waals surface area contributed by atoms with Crippen molar-refractivity contribution in [3.05, 3.63) is 36.4 Å². The molecule has 0 saturated heterocycles. The number of benzene rings is 2. The van der Waals surface area contributed by atoms with Gasteiger partial charge in [-0.25, -0.2) is 0 Å². The fraction of sp³-hybridized carbons (Fsp3) is 0.125. The summed E-state index contributed by atoms with van der Waals surface area (Å²) in [6.07, 6.45) is 4.34. The summed E-state index contributed by atoms with van der Waals surface area (Å²) in [5.74, 6) is 0.0524. The van der Waals surface area contributed by atoms with Crippen molar-refractivity contribution in [3.63, 3.8) is 0 Å². The summed E-state index contributed by atoms with van der Waals surface area (Å²) >= 11 is 0. The van der Waals surface area contributed by atoms with Crippen molar-refractivity contribution in [2.45, 2.75) is 12.8 Å². The maximum Gasteiger partial charge on any atom is 0.141 e. The third-order valence-electron chi connectivity index (χ3n) is 2.80. The molecule has 2 aromatic carbocycles. The molecule has 23 heavy (non-hydrogen) atoms. The van der Waals surface area contributed by atoms with E-state index >= 15 is 0 Å². The van der Waals surface area contributed by atoms with Gasteiger partial charge in [0.15, 0.2) is 0 Å². The maximum atomic E-state index is 9.54. The molecule has 0 aliphatic heterocycles. The van der Waals surface area contributed by atoms with E-state index < -0.39 is 0 Å². The minimum atomic E-state index is -0.00704. The molecule has 0 radical (unpaired) electrons. The van der Waals surface area contributed by atoms with Gasteiger partial charge < -0.3 is 20.4 Å². The molecule has 4 N–H and O–H groups in total.